The summed E-state index contributed by atoms with van der Waals surface area (Å²) in [5.41, 5.74) is -0.665. The number of urea groups is 2. The molecule has 0 aromatic rings. The Kier molecular flexibility index (Phi) is 4.86. The minimum absolute atomic E-state index is 0.177. The number of hydrogen-bond donors (Lipinski definition) is 2. The van der Waals surface area contributed by atoms with Crippen LogP contribution in [0, 0.1) is 5.92 Å². The molecule has 116 valence electrons. The predicted octanol–water partition coefficient (Wildman–Crippen LogP) is 1.54. The molecule has 1 fully saturated rings. The highest BCUT2D eigenvalue weighted by atomic mass is 16.5. The Balaban J connectivity index is 2.98. The van der Waals surface area contributed by atoms with Crippen molar-refractivity contribution >= 4 is 12.1 Å². The molecule has 0 aromatic carbocycles. The fraction of sp³-hybridized carbons (Fsp3) is 0.846. The highest BCUT2D eigenvalue weighted by molar-refractivity contribution is 5.80. The fourth-order valence-corrected chi connectivity index (χ4v) is 2.61. The van der Waals surface area contributed by atoms with Crippen LogP contribution in [0.25, 0.3) is 0 Å². The molecule has 0 radical (unpaired) electrons. The quantitative estimate of drug-likeness (QED) is 0.608. The molecule has 20 heavy (non-hydrogen) atoms. The number of nitrogens with zero attached hydrogens (tertiary/aromatic N) is 3. The normalized spacial score (nSPS) is 21.6. The summed E-state index contributed by atoms with van der Waals surface area (Å²) < 4.78 is 0. The maximum absolute atomic E-state index is 12.3. The molecule has 1 rings (SSSR count). The maximum atomic E-state index is 12.3. The molecule has 1 atom stereocenters. The molecule has 1 saturated heterocycles. The number of hydrogen-bond acceptors (Lipinski definition) is 3. The van der Waals surface area contributed by atoms with Gasteiger partial charge < -0.3 is 15.1 Å². The molecule has 1 aliphatic heterocycles. The van der Waals surface area contributed by atoms with Crippen LogP contribution in [-0.2, 0) is 0 Å². The third-order valence-electron chi connectivity index (χ3n) is 3.81. The van der Waals surface area contributed by atoms with E-state index < -0.39 is 17.7 Å². The molecule has 7 heteroatoms. The summed E-state index contributed by atoms with van der Waals surface area (Å²) >= 11 is 0. The van der Waals surface area contributed by atoms with Crippen molar-refractivity contribution in [1.29, 1.82) is 0 Å². The van der Waals surface area contributed by atoms with Crippen LogP contribution in [0.5, 0.6) is 0 Å². The first-order valence-corrected chi connectivity index (χ1v) is 6.88. The van der Waals surface area contributed by atoms with Gasteiger partial charge in [-0.3, -0.25) is 5.21 Å². The van der Waals surface area contributed by atoms with Crippen LogP contribution in [0.4, 0.5) is 9.59 Å². The molecule has 0 aromatic heterocycles. The van der Waals surface area contributed by atoms with Gasteiger partial charge in [-0.15, -0.1) is 0 Å². The molecule has 0 spiro atoms. The molecular weight excluding hydrogens is 260 g/mol. The number of nitrogens with one attached hydrogen (secondary N) is 1. The van der Waals surface area contributed by atoms with Gasteiger partial charge in [-0.2, -0.15) is 5.06 Å². The Morgan fingerprint density at radius 3 is 2.50 bits per heavy atom. The Morgan fingerprint density at radius 1 is 1.50 bits per heavy atom. The summed E-state index contributed by atoms with van der Waals surface area (Å²) in [6.07, 6.45) is 0.156. The van der Waals surface area contributed by atoms with Crippen molar-refractivity contribution in [3.8, 4) is 0 Å². The van der Waals surface area contributed by atoms with E-state index in [1.807, 2.05) is 13.8 Å². The monoisotopic (exact) mass is 286 g/mol. The topological polar surface area (TPSA) is 76.1 Å². The van der Waals surface area contributed by atoms with Crippen molar-refractivity contribution in [3.05, 3.63) is 0 Å². The zero-order valence-electron chi connectivity index (χ0n) is 13.2. The molecule has 0 bridgehead atoms. The van der Waals surface area contributed by atoms with E-state index in [9.17, 15) is 14.8 Å². The second kappa shape index (κ2) is 5.87. The lowest BCUT2D eigenvalue weighted by molar-refractivity contribution is -0.129. The zero-order chi connectivity index (χ0) is 15.7. The van der Waals surface area contributed by atoms with Gasteiger partial charge in [-0.25, -0.2) is 9.59 Å². The molecular formula is C13H26N4O3. The van der Waals surface area contributed by atoms with Crippen molar-refractivity contribution < 1.29 is 14.8 Å². The van der Waals surface area contributed by atoms with Crippen LogP contribution in [0.2, 0.25) is 0 Å². The molecule has 0 saturated carbocycles. The lowest BCUT2D eigenvalue weighted by Gasteiger charge is -2.37. The smallest absolute Gasteiger partial charge is 0.339 e. The van der Waals surface area contributed by atoms with E-state index in [1.54, 1.807) is 11.9 Å². The Morgan fingerprint density at radius 2 is 2.05 bits per heavy atom. The number of carbonyl (C=O) groups excluding carboxylic acids is 2. The lowest BCUT2D eigenvalue weighted by Crippen LogP contribution is -2.58. The van der Waals surface area contributed by atoms with Crippen LogP contribution in [0.3, 0.4) is 0 Å². The van der Waals surface area contributed by atoms with E-state index in [4.69, 9.17) is 0 Å². The van der Waals surface area contributed by atoms with Gasteiger partial charge in [0.05, 0.1) is 5.54 Å². The van der Waals surface area contributed by atoms with Gasteiger partial charge in [0.15, 0.2) is 6.17 Å². The molecule has 7 nitrogen and oxygen atoms in total. The predicted molar refractivity (Wildman–Crippen MR) is 75.3 cm³/mol. The van der Waals surface area contributed by atoms with Crippen LogP contribution >= 0.6 is 0 Å². The molecule has 2 N–H and O–H groups in total. The largest absolute Gasteiger partial charge is 0.342 e. The fourth-order valence-electron chi connectivity index (χ4n) is 2.61. The van der Waals surface area contributed by atoms with E-state index in [2.05, 4.69) is 19.2 Å². The maximum Gasteiger partial charge on any atom is 0.342 e. The first-order valence-electron chi connectivity index (χ1n) is 6.88. The summed E-state index contributed by atoms with van der Waals surface area (Å²) in [7, 11) is 3.03. The van der Waals surface area contributed by atoms with Gasteiger partial charge >= 0.3 is 12.1 Å². The Hall–Kier alpha value is -1.50. The highest BCUT2D eigenvalue weighted by Crippen LogP contribution is 2.33. The van der Waals surface area contributed by atoms with Gasteiger partial charge in [0, 0.05) is 20.6 Å². The molecule has 4 amide bonds. The standard InChI is InChI=1S/C13H26N4O3/c1-9(2)7-8-16-12(19)15(6)10(13(16,3)4)17(20)11(18)14-5/h9-10,20H,7-8H2,1-6H3,(H,14,18). The minimum Gasteiger partial charge on any atom is -0.339 e. The second-order valence-corrected chi connectivity index (χ2v) is 6.15. The second-order valence-electron chi connectivity index (χ2n) is 6.15. The Bertz CT molecular complexity index is 384. The SMILES string of the molecule is CNC(=O)N(O)C1N(C)C(=O)N(CCC(C)C)C1(C)C. The van der Waals surface area contributed by atoms with Gasteiger partial charge in [0.1, 0.15) is 0 Å². The van der Waals surface area contributed by atoms with Crippen molar-refractivity contribution in [2.75, 3.05) is 20.6 Å². The zero-order valence-corrected chi connectivity index (χ0v) is 13.2. The summed E-state index contributed by atoms with van der Waals surface area (Å²) in [5.74, 6) is 0.479. The van der Waals surface area contributed by atoms with Crippen LogP contribution in [-0.4, -0.2) is 64.5 Å². The highest BCUT2D eigenvalue weighted by Gasteiger charge is 2.53. The molecule has 1 unspecified atom stereocenters. The van der Waals surface area contributed by atoms with Gasteiger partial charge in [0.25, 0.3) is 0 Å². The van der Waals surface area contributed by atoms with E-state index in [-0.39, 0.29) is 6.03 Å². The van der Waals surface area contributed by atoms with Crippen LogP contribution in [0.15, 0.2) is 0 Å². The number of carbonyl (C=O) groups is 2. The first-order chi connectivity index (χ1) is 9.14. The average molecular weight is 286 g/mol. The number of likely N-dealkylation sites (N-methyl/N-ethyl adjacent to an activating group) is 1. The molecule has 1 aliphatic rings. The van der Waals surface area contributed by atoms with Gasteiger partial charge in [0.2, 0.25) is 0 Å². The summed E-state index contributed by atoms with van der Waals surface area (Å²) in [5, 5.41) is 13.0. The van der Waals surface area contributed by atoms with Crippen LogP contribution < -0.4 is 5.32 Å². The van der Waals surface area contributed by atoms with Crippen LogP contribution in [0.1, 0.15) is 34.1 Å². The summed E-state index contributed by atoms with van der Waals surface area (Å²) in [6, 6.07) is -0.808. The number of rotatable bonds is 4. The van der Waals surface area contributed by atoms with Crippen molar-refractivity contribution in [2.24, 2.45) is 5.92 Å². The third-order valence-corrected chi connectivity index (χ3v) is 3.81. The number of hydroxylamine groups is 2. The lowest BCUT2D eigenvalue weighted by atomic mass is 9.99. The Labute approximate surface area is 120 Å². The van der Waals surface area contributed by atoms with Gasteiger partial charge in [-0.1, -0.05) is 13.8 Å². The van der Waals surface area contributed by atoms with Crippen molar-refractivity contribution in [1.82, 2.24) is 20.2 Å². The first kappa shape index (κ1) is 16.6. The minimum atomic E-state index is -0.720. The molecule has 0 aliphatic carbocycles. The summed E-state index contributed by atoms with van der Waals surface area (Å²) in [4.78, 5) is 27.1. The third kappa shape index (κ3) is 2.82. The summed E-state index contributed by atoms with van der Waals surface area (Å²) in [6.45, 7) is 8.50. The van der Waals surface area contributed by atoms with Crippen molar-refractivity contribution in [3.63, 3.8) is 0 Å². The van der Waals surface area contributed by atoms with Crippen molar-refractivity contribution in [2.45, 2.75) is 45.8 Å². The van der Waals surface area contributed by atoms with E-state index in [0.717, 1.165) is 6.42 Å². The van der Waals surface area contributed by atoms with Gasteiger partial charge in [-0.05, 0) is 26.2 Å². The molecule has 1 heterocycles. The number of amides is 4. The van der Waals surface area contributed by atoms with E-state index in [0.29, 0.717) is 17.5 Å². The average Bonchev–Trinajstić information content (AvgIpc) is 2.52. The van der Waals surface area contributed by atoms with E-state index in [1.165, 1.54) is 11.9 Å². The van der Waals surface area contributed by atoms with E-state index >= 15 is 0 Å².